The van der Waals surface area contributed by atoms with Crippen molar-refractivity contribution in [2.45, 2.75) is 11.8 Å². The van der Waals surface area contributed by atoms with Gasteiger partial charge in [-0.25, -0.2) is 13.4 Å². The third kappa shape index (κ3) is 3.00. The molecule has 2 heterocycles. The van der Waals surface area contributed by atoms with Crippen molar-refractivity contribution in [3.8, 4) is 0 Å². The van der Waals surface area contributed by atoms with Crippen molar-refractivity contribution < 1.29 is 8.42 Å². The molecule has 0 aliphatic rings. The lowest BCUT2D eigenvalue weighted by molar-refractivity contribution is 0.601. The second kappa shape index (κ2) is 5.23. The maximum atomic E-state index is 12.3. The number of aryl methyl sites for hydroxylation is 1. The van der Waals surface area contributed by atoms with Crippen LogP contribution in [0.2, 0.25) is 0 Å². The van der Waals surface area contributed by atoms with Crippen LogP contribution in [-0.4, -0.2) is 25.4 Å². The summed E-state index contributed by atoms with van der Waals surface area (Å²) in [6.07, 6.45) is 4.37. The van der Waals surface area contributed by atoms with Crippen LogP contribution in [-0.2, 0) is 10.0 Å². The Morgan fingerprint density at radius 2 is 2.00 bits per heavy atom. The summed E-state index contributed by atoms with van der Waals surface area (Å²) >= 11 is 0. The monoisotopic (exact) mass is 278 g/mol. The first-order valence-electron chi connectivity index (χ1n) is 5.60. The summed E-state index contributed by atoms with van der Waals surface area (Å²) in [6.45, 7) is 1.86. The van der Waals surface area contributed by atoms with E-state index in [-0.39, 0.29) is 10.7 Å². The Kier molecular flexibility index (Phi) is 3.66. The first-order valence-corrected chi connectivity index (χ1v) is 7.08. The van der Waals surface area contributed by atoms with Gasteiger partial charge in [0.2, 0.25) is 0 Å². The van der Waals surface area contributed by atoms with Crippen molar-refractivity contribution in [1.29, 1.82) is 0 Å². The minimum atomic E-state index is -3.71. The number of pyridine rings is 2. The number of rotatable bonds is 4. The average molecular weight is 278 g/mol. The van der Waals surface area contributed by atoms with Crippen LogP contribution in [0.3, 0.4) is 0 Å². The van der Waals surface area contributed by atoms with Gasteiger partial charge in [0.15, 0.2) is 0 Å². The summed E-state index contributed by atoms with van der Waals surface area (Å²) < 4.78 is 27.0. The molecule has 2 aromatic heterocycles. The fourth-order valence-corrected chi connectivity index (χ4v) is 2.74. The molecule has 0 aliphatic heterocycles. The van der Waals surface area contributed by atoms with Gasteiger partial charge in [0, 0.05) is 25.6 Å². The molecule has 7 heteroatoms. The molecule has 19 heavy (non-hydrogen) atoms. The molecule has 2 rings (SSSR count). The Morgan fingerprint density at radius 3 is 2.68 bits per heavy atom. The molecular weight excluding hydrogens is 264 g/mol. The van der Waals surface area contributed by atoms with Crippen molar-refractivity contribution in [3.05, 3.63) is 42.4 Å². The first kappa shape index (κ1) is 13.3. The van der Waals surface area contributed by atoms with Gasteiger partial charge in [0.25, 0.3) is 10.0 Å². The molecule has 100 valence electrons. The Hall–Kier alpha value is -2.15. The summed E-state index contributed by atoms with van der Waals surface area (Å²) in [5.41, 5.74) is 1.41. The number of sulfonamides is 1. The Bertz CT molecular complexity index is 686. The van der Waals surface area contributed by atoms with Crippen LogP contribution in [0.4, 0.5) is 11.5 Å². The molecule has 0 aromatic carbocycles. The second-order valence-electron chi connectivity index (χ2n) is 3.95. The van der Waals surface area contributed by atoms with Crippen molar-refractivity contribution in [3.63, 3.8) is 0 Å². The molecule has 0 unspecified atom stereocenters. The number of nitrogens with zero attached hydrogens (tertiary/aromatic N) is 2. The van der Waals surface area contributed by atoms with Crippen molar-refractivity contribution >= 4 is 21.5 Å². The molecule has 0 saturated carbocycles. The van der Waals surface area contributed by atoms with Crippen LogP contribution in [0.15, 0.2) is 41.7 Å². The van der Waals surface area contributed by atoms with E-state index in [0.717, 1.165) is 5.56 Å². The van der Waals surface area contributed by atoms with E-state index in [0.29, 0.717) is 5.69 Å². The lowest BCUT2D eigenvalue weighted by Crippen LogP contribution is -2.15. The summed E-state index contributed by atoms with van der Waals surface area (Å²) in [5.74, 6) is 0.283. The topological polar surface area (TPSA) is 84.0 Å². The summed E-state index contributed by atoms with van der Waals surface area (Å²) in [7, 11) is -2.06. The third-order valence-electron chi connectivity index (χ3n) is 2.50. The third-order valence-corrected chi connectivity index (χ3v) is 3.88. The zero-order chi connectivity index (χ0) is 13.9. The highest BCUT2D eigenvalue weighted by atomic mass is 32.2. The molecule has 0 atom stereocenters. The van der Waals surface area contributed by atoms with Crippen molar-refractivity contribution in [2.75, 3.05) is 17.1 Å². The van der Waals surface area contributed by atoms with Crippen LogP contribution in [0.5, 0.6) is 0 Å². The van der Waals surface area contributed by atoms with E-state index < -0.39 is 10.0 Å². The lowest BCUT2D eigenvalue weighted by atomic mass is 10.3. The standard InChI is InChI=1S/C12H14N4O2S/c1-9-3-6-15-12(7-9)16-19(17,18)11-8-14-5-4-10(11)13-2/h3-8H,1-2H3,(H,13,14)(H,15,16). The Balaban J connectivity index is 2.38. The lowest BCUT2D eigenvalue weighted by Gasteiger charge is -2.11. The molecule has 0 radical (unpaired) electrons. The quantitative estimate of drug-likeness (QED) is 0.888. The molecule has 6 nitrogen and oxygen atoms in total. The average Bonchev–Trinajstić information content (AvgIpc) is 2.38. The molecule has 0 amide bonds. The van der Waals surface area contributed by atoms with Gasteiger partial charge in [0.05, 0.1) is 5.69 Å². The van der Waals surface area contributed by atoms with Crippen molar-refractivity contribution in [2.24, 2.45) is 0 Å². The van der Waals surface area contributed by atoms with Gasteiger partial charge < -0.3 is 5.32 Å². The van der Waals surface area contributed by atoms with Gasteiger partial charge in [-0.3, -0.25) is 9.71 Å². The van der Waals surface area contributed by atoms with Crippen LogP contribution in [0, 0.1) is 6.92 Å². The van der Waals surface area contributed by atoms with Gasteiger partial charge in [-0.05, 0) is 30.7 Å². The molecule has 2 aromatic rings. The van der Waals surface area contributed by atoms with Gasteiger partial charge in [-0.15, -0.1) is 0 Å². The number of anilines is 2. The Morgan fingerprint density at radius 1 is 1.21 bits per heavy atom. The zero-order valence-electron chi connectivity index (χ0n) is 10.6. The van der Waals surface area contributed by atoms with Crippen LogP contribution < -0.4 is 10.0 Å². The van der Waals surface area contributed by atoms with Gasteiger partial charge in [0.1, 0.15) is 10.7 Å². The first-order chi connectivity index (χ1) is 9.03. The molecule has 0 spiro atoms. The smallest absolute Gasteiger partial charge is 0.266 e. The molecular formula is C12H14N4O2S. The molecule has 0 bridgehead atoms. The van der Waals surface area contributed by atoms with E-state index in [1.807, 2.05) is 6.92 Å². The largest absolute Gasteiger partial charge is 0.387 e. The van der Waals surface area contributed by atoms with Crippen LogP contribution >= 0.6 is 0 Å². The molecule has 0 fully saturated rings. The Labute approximate surface area is 112 Å². The predicted octanol–water partition coefficient (Wildman–Crippen LogP) is 1.63. The van der Waals surface area contributed by atoms with Gasteiger partial charge in [-0.1, -0.05) is 0 Å². The van der Waals surface area contributed by atoms with E-state index in [2.05, 4.69) is 20.0 Å². The minimum absolute atomic E-state index is 0.0841. The summed E-state index contributed by atoms with van der Waals surface area (Å²) in [5, 5.41) is 2.82. The fourth-order valence-electron chi connectivity index (χ4n) is 1.59. The summed E-state index contributed by atoms with van der Waals surface area (Å²) in [6, 6.07) is 5.05. The number of hydrogen-bond acceptors (Lipinski definition) is 5. The van der Waals surface area contributed by atoms with Gasteiger partial charge >= 0.3 is 0 Å². The number of nitrogens with one attached hydrogen (secondary N) is 2. The SMILES string of the molecule is CNc1ccncc1S(=O)(=O)Nc1cc(C)ccn1. The highest BCUT2D eigenvalue weighted by molar-refractivity contribution is 7.92. The van der Waals surface area contributed by atoms with E-state index in [1.165, 1.54) is 12.4 Å². The number of hydrogen-bond donors (Lipinski definition) is 2. The van der Waals surface area contributed by atoms with Crippen LogP contribution in [0.25, 0.3) is 0 Å². The molecule has 0 aliphatic carbocycles. The molecule has 2 N–H and O–H groups in total. The van der Waals surface area contributed by atoms with Crippen molar-refractivity contribution in [1.82, 2.24) is 9.97 Å². The predicted molar refractivity (Wildman–Crippen MR) is 73.6 cm³/mol. The highest BCUT2D eigenvalue weighted by Gasteiger charge is 2.18. The second-order valence-corrected chi connectivity index (χ2v) is 5.60. The van der Waals surface area contributed by atoms with E-state index in [9.17, 15) is 8.42 Å². The maximum absolute atomic E-state index is 12.3. The fraction of sp³-hybridized carbons (Fsp3) is 0.167. The van der Waals surface area contributed by atoms with E-state index in [4.69, 9.17) is 0 Å². The highest BCUT2D eigenvalue weighted by Crippen LogP contribution is 2.21. The van der Waals surface area contributed by atoms with Crippen LogP contribution in [0.1, 0.15) is 5.56 Å². The van der Waals surface area contributed by atoms with E-state index >= 15 is 0 Å². The van der Waals surface area contributed by atoms with E-state index in [1.54, 1.807) is 31.4 Å². The molecule has 0 saturated heterocycles. The zero-order valence-corrected chi connectivity index (χ0v) is 11.4. The normalized spacial score (nSPS) is 11.1. The number of aromatic nitrogens is 2. The maximum Gasteiger partial charge on any atom is 0.266 e. The van der Waals surface area contributed by atoms with Gasteiger partial charge in [-0.2, -0.15) is 0 Å². The minimum Gasteiger partial charge on any atom is -0.387 e. The summed E-state index contributed by atoms with van der Waals surface area (Å²) in [4.78, 5) is 7.90.